The van der Waals surface area contributed by atoms with Gasteiger partial charge in [-0.1, -0.05) is 0 Å². The van der Waals surface area contributed by atoms with Crippen molar-refractivity contribution >= 4 is 11.4 Å². The van der Waals surface area contributed by atoms with E-state index in [0.717, 1.165) is 70.3 Å². The molecule has 148 valence electrons. The second kappa shape index (κ2) is 8.12. The van der Waals surface area contributed by atoms with Crippen molar-refractivity contribution in [1.82, 2.24) is 10.2 Å². The van der Waals surface area contributed by atoms with Crippen LogP contribution in [0.1, 0.15) is 25.7 Å². The number of rotatable bonds is 4. The van der Waals surface area contributed by atoms with Crippen LogP contribution < -0.4 is 10.2 Å². The molecule has 1 aromatic carbocycles. The van der Waals surface area contributed by atoms with Crippen molar-refractivity contribution in [1.29, 1.82) is 0 Å². The number of ether oxygens (including phenoxy) is 1. The average molecular weight is 374 g/mol. The van der Waals surface area contributed by atoms with E-state index >= 15 is 0 Å². The molecule has 0 bridgehead atoms. The molecular weight excluding hydrogens is 344 g/mol. The lowest BCUT2D eigenvalue weighted by molar-refractivity contribution is -0.384. The molecule has 1 aromatic rings. The van der Waals surface area contributed by atoms with Gasteiger partial charge in [-0.2, -0.15) is 0 Å². The molecule has 0 saturated carbocycles. The number of non-ortho nitro benzene ring substituents is 1. The van der Waals surface area contributed by atoms with Crippen LogP contribution in [0, 0.1) is 16.0 Å². The SMILES string of the molecule is O=[N+]([O-])c1ccc(N2CCC(CN3CCC4(CC3)CNCCO4)CC2)cc1. The van der Waals surface area contributed by atoms with Gasteiger partial charge in [0.2, 0.25) is 0 Å². The highest BCUT2D eigenvalue weighted by atomic mass is 16.6. The molecule has 1 N–H and O–H groups in total. The van der Waals surface area contributed by atoms with Gasteiger partial charge in [-0.15, -0.1) is 0 Å². The maximum Gasteiger partial charge on any atom is 0.269 e. The predicted octanol–water partition coefficient (Wildman–Crippen LogP) is 2.27. The second-order valence-corrected chi connectivity index (χ2v) is 8.21. The maximum atomic E-state index is 10.8. The third-order valence-electron chi connectivity index (χ3n) is 6.46. The Labute approximate surface area is 160 Å². The number of hydrogen-bond donors (Lipinski definition) is 1. The van der Waals surface area contributed by atoms with E-state index in [4.69, 9.17) is 4.74 Å². The van der Waals surface area contributed by atoms with Crippen LogP contribution >= 0.6 is 0 Å². The number of nitrogens with zero attached hydrogens (tertiary/aromatic N) is 3. The van der Waals surface area contributed by atoms with Crippen LogP contribution in [0.15, 0.2) is 24.3 Å². The number of morpholine rings is 1. The van der Waals surface area contributed by atoms with Gasteiger partial charge in [0.25, 0.3) is 5.69 Å². The van der Waals surface area contributed by atoms with Gasteiger partial charge in [-0.25, -0.2) is 0 Å². The van der Waals surface area contributed by atoms with Crippen molar-refractivity contribution in [3.63, 3.8) is 0 Å². The number of anilines is 1. The van der Waals surface area contributed by atoms with Gasteiger partial charge in [0, 0.05) is 63.6 Å². The fraction of sp³-hybridized carbons (Fsp3) is 0.700. The first-order valence-corrected chi connectivity index (χ1v) is 10.2. The van der Waals surface area contributed by atoms with Gasteiger partial charge < -0.3 is 19.9 Å². The zero-order valence-corrected chi connectivity index (χ0v) is 15.9. The van der Waals surface area contributed by atoms with Crippen molar-refractivity contribution in [2.75, 3.05) is 57.3 Å². The molecule has 3 aliphatic heterocycles. The summed E-state index contributed by atoms with van der Waals surface area (Å²) < 4.78 is 6.09. The molecule has 3 aliphatic rings. The first-order chi connectivity index (χ1) is 13.1. The minimum Gasteiger partial charge on any atom is -0.372 e. The number of likely N-dealkylation sites (tertiary alicyclic amines) is 1. The summed E-state index contributed by atoms with van der Waals surface area (Å²) >= 11 is 0. The third-order valence-corrected chi connectivity index (χ3v) is 6.46. The summed E-state index contributed by atoms with van der Waals surface area (Å²) in [5.74, 6) is 0.749. The van der Waals surface area contributed by atoms with E-state index in [1.54, 1.807) is 12.1 Å². The molecule has 7 nitrogen and oxygen atoms in total. The van der Waals surface area contributed by atoms with Crippen molar-refractivity contribution in [3.05, 3.63) is 34.4 Å². The summed E-state index contributed by atoms with van der Waals surface area (Å²) in [4.78, 5) is 15.4. The molecular formula is C20H30N4O3. The molecule has 3 fully saturated rings. The minimum absolute atomic E-state index is 0.0913. The van der Waals surface area contributed by atoms with E-state index in [9.17, 15) is 10.1 Å². The molecule has 1 spiro atoms. The second-order valence-electron chi connectivity index (χ2n) is 8.21. The van der Waals surface area contributed by atoms with E-state index in [1.165, 1.54) is 19.4 Å². The Morgan fingerprint density at radius 1 is 1.15 bits per heavy atom. The molecule has 0 aliphatic carbocycles. The molecule has 3 saturated heterocycles. The Morgan fingerprint density at radius 2 is 1.85 bits per heavy atom. The van der Waals surface area contributed by atoms with Crippen LogP contribution in [0.4, 0.5) is 11.4 Å². The van der Waals surface area contributed by atoms with Gasteiger partial charge >= 0.3 is 0 Å². The highest BCUT2D eigenvalue weighted by Crippen LogP contribution is 2.30. The van der Waals surface area contributed by atoms with Crippen LogP contribution in [0.5, 0.6) is 0 Å². The standard InChI is InChI=1S/C20H30N4O3/c25-24(26)19-3-1-18(2-4-19)23-10-5-17(6-11-23)15-22-12-7-20(8-13-22)16-21-9-14-27-20/h1-4,17,21H,5-16H2. The molecule has 4 rings (SSSR count). The predicted molar refractivity (Wildman–Crippen MR) is 105 cm³/mol. The smallest absolute Gasteiger partial charge is 0.269 e. The Morgan fingerprint density at radius 3 is 2.44 bits per heavy atom. The quantitative estimate of drug-likeness (QED) is 0.644. The number of nitro benzene ring substituents is 1. The summed E-state index contributed by atoms with van der Waals surface area (Å²) in [7, 11) is 0. The van der Waals surface area contributed by atoms with Crippen LogP contribution in [0.3, 0.4) is 0 Å². The van der Waals surface area contributed by atoms with Gasteiger partial charge in [0.15, 0.2) is 0 Å². The van der Waals surface area contributed by atoms with E-state index in [2.05, 4.69) is 15.1 Å². The van der Waals surface area contributed by atoms with Crippen LogP contribution in [-0.2, 0) is 4.74 Å². The number of benzene rings is 1. The summed E-state index contributed by atoms with van der Waals surface area (Å²) in [6.45, 7) is 8.39. The normalized spacial score (nSPS) is 24.2. The van der Waals surface area contributed by atoms with E-state index in [0.29, 0.717) is 0 Å². The van der Waals surface area contributed by atoms with Crippen molar-refractivity contribution < 1.29 is 9.66 Å². The van der Waals surface area contributed by atoms with E-state index in [-0.39, 0.29) is 16.2 Å². The summed E-state index contributed by atoms with van der Waals surface area (Å²) in [6, 6.07) is 6.96. The Bertz CT molecular complexity index is 627. The summed E-state index contributed by atoms with van der Waals surface area (Å²) in [5, 5.41) is 14.3. The van der Waals surface area contributed by atoms with Crippen molar-refractivity contribution in [2.24, 2.45) is 5.92 Å². The number of nitro groups is 1. The van der Waals surface area contributed by atoms with Crippen LogP contribution in [0.2, 0.25) is 0 Å². The number of piperidine rings is 2. The summed E-state index contributed by atoms with van der Waals surface area (Å²) in [6.07, 6.45) is 4.66. The molecule has 0 amide bonds. The number of nitrogens with one attached hydrogen (secondary N) is 1. The fourth-order valence-electron chi connectivity index (χ4n) is 4.70. The monoisotopic (exact) mass is 374 g/mol. The topological polar surface area (TPSA) is 70.9 Å². The molecule has 27 heavy (non-hydrogen) atoms. The average Bonchev–Trinajstić information content (AvgIpc) is 2.71. The van der Waals surface area contributed by atoms with E-state index in [1.807, 2.05) is 12.1 Å². The van der Waals surface area contributed by atoms with Gasteiger partial charge in [0.1, 0.15) is 0 Å². The third kappa shape index (κ3) is 4.42. The highest BCUT2D eigenvalue weighted by molar-refractivity contribution is 5.51. The molecule has 0 aromatic heterocycles. The van der Waals surface area contributed by atoms with Gasteiger partial charge in [-0.05, 0) is 43.7 Å². The van der Waals surface area contributed by atoms with Crippen LogP contribution in [0.25, 0.3) is 0 Å². The molecule has 7 heteroatoms. The Kier molecular flexibility index (Phi) is 5.61. The zero-order valence-electron chi connectivity index (χ0n) is 15.9. The van der Waals surface area contributed by atoms with Crippen molar-refractivity contribution in [3.8, 4) is 0 Å². The minimum atomic E-state index is -0.340. The lowest BCUT2D eigenvalue weighted by Gasteiger charge is -2.45. The lowest BCUT2D eigenvalue weighted by Crippen LogP contribution is -2.56. The fourth-order valence-corrected chi connectivity index (χ4v) is 4.70. The summed E-state index contributed by atoms with van der Waals surface area (Å²) in [5.41, 5.74) is 1.35. The largest absolute Gasteiger partial charge is 0.372 e. The zero-order chi connectivity index (χ0) is 18.7. The Balaban J connectivity index is 1.22. The van der Waals surface area contributed by atoms with Gasteiger partial charge in [0.05, 0.1) is 17.1 Å². The first-order valence-electron chi connectivity index (χ1n) is 10.2. The number of hydrogen-bond acceptors (Lipinski definition) is 6. The van der Waals surface area contributed by atoms with Crippen LogP contribution in [-0.4, -0.2) is 67.8 Å². The molecule has 0 radical (unpaired) electrons. The van der Waals surface area contributed by atoms with Gasteiger partial charge in [-0.3, -0.25) is 10.1 Å². The first kappa shape index (κ1) is 18.7. The Hall–Kier alpha value is -1.70. The molecule has 0 atom stereocenters. The molecule has 3 heterocycles. The molecule has 0 unspecified atom stereocenters. The maximum absolute atomic E-state index is 10.8. The highest BCUT2D eigenvalue weighted by Gasteiger charge is 2.37. The lowest BCUT2D eigenvalue weighted by atomic mass is 9.88. The van der Waals surface area contributed by atoms with Crippen molar-refractivity contribution in [2.45, 2.75) is 31.3 Å². The van der Waals surface area contributed by atoms with E-state index < -0.39 is 0 Å².